The molecule has 0 aromatic carbocycles. The first-order valence-corrected chi connectivity index (χ1v) is 12.4. The van der Waals surface area contributed by atoms with E-state index in [2.05, 4.69) is 17.2 Å². The summed E-state index contributed by atoms with van der Waals surface area (Å²) in [6.45, 7) is 3.01. The minimum absolute atomic E-state index is 0.0395. The van der Waals surface area contributed by atoms with Gasteiger partial charge in [-0.3, -0.25) is 4.79 Å². The van der Waals surface area contributed by atoms with Gasteiger partial charge in [0, 0.05) is 23.9 Å². The van der Waals surface area contributed by atoms with E-state index in [0.717, 1.165) is 25.0 Å². The molecule has 2 aromatic rings. The Labute approximate surface area is 167 Å². The number of aromatic nitrogens is 1. The lowest BCUT2D eigenvalue weighted by Gasteiger charge is -2.29. The molecule has 27 heavy (non-hydrogen) atoms. The van der Waals surface area contributed by atoms with Gasteiger partial charge < -0.3 is 5.32 Å². The fourth-order valence-corrected chi connectivity index (χ4v) is 7.49. The molecule has 0 unspecified atom stereocenters. The summed E-state index contributed by atoms with van der Waals surface area (Å²) in [6, 6.07) is 3.37. The van der Waals surface area contributed by atoms with Gasteiger partial charge in [0.15, 0.2) is 5.13 Å². The van der Waals surface area contributed by atoms with Crippen molar-refractivity contribution in [2.24, 2.45) is 11.8 Å². The third-order valence-electron chi connectivity index (χ3n) is 5.33. The molecule has 1 atom stereocenters. The number of amides is 1. The van der Waals surface area contributed by atoms with E-state index < -0.39 is 10.0 Å². The van der Waals surface area contributed by atoms with Crippen LogP contribution in [0, 0.1) is 11.8 Å². The van der Waals surface area contributed by atoms with Gasteiger partial charge in [0.1, 0.15) is 4.21 Å². The summed E-state index contributed by atoms with van der Waals surface area (Å²) in [5.41, 5.74) is 1.13. The Morgan fingerprint density at radius 1 is 1.30 bits per heavy atom. The number of hydrogen-bond donors (Lipinski definition) is 1. The molecule has 0 spiro atoms. The second-order valence-electron chi connectivity index (χ2n) is 7.34. The fourth-order valence-electron chi connectivity index (χ4n) is 3.70. The lowest BCUT2D eigenvalue weighted by Crippen LogP contribution is -2.41. The first-order valence-electron chi connectivity index (χ1n) is 9.26. The minimum Gasteiger partial charge on any atom is -0.302 e. The highest BCUT2D eigenvalue weighted by Crippen LogP contribution is 2.33. The average Bonchev–Trinajstić information content (AvgIpc) is 3.31. The second kappa shape index (κ2) is 7.62. The first-order chi connectivity index (χ1) is 12.9. The van der Waals surface area contributed by atoms with Crippen molar-refractivity contribution < 1.29 is 13.2 Å². The van der Waals surface area contributed by atoms with Crippen LogP contribution in [0.25, 0.3) is 0 Å². The van der Waals surface area contributed by atoms with E-state index in [1.807, 2.05) is 0 Å². The number of sulfonamides is 1. The molecule has 3 heterocycles. The van der Waals surface area contributed by atoms with Crippen molar-refractivity contribution in [1.82, 2.24) is 9.29 Å². The van der Waals surface area contributed by atoms with Crippen LogP contribution < -0.4 is 5.32 Å². The molecular formula is C18H23N3O3S3. The number of nitrogens with zero attached hydrogens (tertiary/aromatic N) is 2. The number of thiophene rings is 1. The van der Waals surface area contributed by atoms with E-state index in [0.29, 0.717) is 41.2 Å². The zero-order valence-electron chi connectivity index (χ0n) is 15.2. The predicted molar refractivity (Wildman–Crippen MR) is 108 cm³/mol. The molecule has 1 saturated heterocycles. The number of thiazole rings is 1. The Kier molecular flexibility index (Phi) is 5.37. The number of carbonyl (C=O) groups is 1. The zero-order chi connectivity index (χ0) is 19.0. The highest BCUT2D eigenvalue weighted by atomic mass is 32.2. The largest absolute Gasteiger partial charge is 0.302 e. The van der Waals surface area contributed by atoms with Crippen LogP contribution in [0.2, 0.25) is 0 Å². The van der Waals surface area contributed by atoms with Crippen LogP contribution in [0.1, 0.15) is 36.8 Å². The number of aryl methyl sites for hydroxylation is 1. The van der Waals surface area contributed by atoms with Gasteiger partial charge in [0.25, 0.3) is 10.0 Å². The fraction of sp³-hybridized carbons (Fsp3) is 0.556. The number of carbonyl (C=O) groups excluding carboxylic acids is 1. The molecular weight excluding hydrogens is 402 g/mol. The van der Waals surface area contributed by atoms with E-state index in [1.54, 1.807) is 28.8 Å². The Hall–Kier alpha value is -1.29. The average molecular weight is 426 g/mol. The Morgan fingerprint density at radius 2 is 2.07 bits per heavy atom. The lowest BCUT2D eigenvalue weighted by molar-refractivity contribution is -0.120. The Morgan fingerprint density at radius 3 is 2.78 bits per heavy atom. The molecule has 4 rings (SSSR count). The first kappa shape index (κ1) is 19.0. The quantitative estimate of drug-likeness (QED) is 0.815. The van der Waals surface area contributed by atoms with E-state index >= 15 is 0 Å². The molecule has 0 bridgehead atoms. The molecule has 1 aliphatic carbocycles. The lowest BCUT2D eigenvalue weighted by atomic mass is 9.93. The van der Waals surface area contributed by atoms with Gasteiger partial charge in [-0.25, -0.2) is 13.4 Å². The number of rotatable bonds is 4. The van der Waals surface area contributed by atoms with Crippen molar-refractivity contribution >= 4 is 43.7 Å². The van der Waals surface area contributed by atoms with Gasteiger partial charge in [-0.05, 0) is 49.5 Å². The Bertz CT molecular complexity index is 913. The normalized spacial score (nSPS) is 21.7. The highest BCUT2D eigenvalue weighted by molar-refractivity contribution is 7.91. The summed E-state index contributed by atoms with van der Waals surface area (Å²) < 4.78 is 27.0. The van der Waals surface area contributed by atoms with Crippen molar-refractivity contribution in [3.05, 3.63) is 28.1 Å². The summed E-state index contributed by atoms with van der Waals surface area (Å²) in [7, 11) is -3.42. The van der Waals surface area contributed by atoms with Gasteiger partial charge >= 0.3 is 0 Å². The van der Waals surface area contributed by atoms with Crippen molar-refractivity contribution in [2.45, 2.75) is 43.2 Å². The van der Waals surface area contributed by atoms with Crippen LogP contribution in [0.15, 0.2) is 21.7 Å². The number of piperidine rings is 1. The standard InChI is InChI=1S/C18H23N3O3S3/c1-12-4-5-14-15(11-12)26-18(19-14)20-17(22)13-6-8-21(9-7-13)27(23,24)16-3-2-10-25-16/h2-3,10,12-13H,4-9,11H2,1H3,(H,19,20,22)/t12-/m0/s1. The van der Waals surface area contributed by atoms with Crippen molar-refractivity contribution in [2.75, 3.05) is 18.4 Å². The van der Waals surface area contributed by atoms with Gasteiger partial charge in [-0.15, -0.1) is 22.7 Å². The number of hydrogen-bond acceptors (Lipinski definition) is 6. The van der Waals surface area contributed by atoms with Gasteiger partial charge in [-0.1, -0.05) is 13.0 Å². The molecule has 2 aliphatic rings. The third-order valence-corrected chi connectivity index (χ3v) is 9.64. The molecule has 1 N–H and O–H groups in total. The van der Waals surface area contributed by atoms with E-state index in [-0.39, 0.29) is 11.8 Å². The number of anilines is 1. The minimum atomic E-state index is -3.42. The molecule has 1 amide bonds. The molecule has 0 radical (unpaired) electrons. The summed E-state index contributed by atoms with van der Waals surface area (Å²) in [6.07, 6.45) is 4.27. The second-order valence-corrected chi connectivity index (χ2v) is 11.5. The summed E-state index contributed by atoms with van der Waals surface area (Å²) in [4.78, 5) is 18.5. The number of fused-ring (bicyclic) bond motifs is 1. The molecule has 0 saturated carbocycles. The molecule has 9 heteroatoms. The van der Waals surface area contributed by atoms with Crippen LogP contribution in [-0.4, -0.2) is 36.7 Å². The molecule has 146 valence electrons. The maximum atomic E-state index is 12.6. The van der Waals surface area contributed by atoms with Crippen molar-refractivity contribution in [3.8, 4) is 0 Å². The highest BCUT2D eigenvalue weighted by Gasteiger charge is 2.33. The summed E-state index contributed by atoms with van der Waals surface area (Å²) in [5, 5.41) is 5.42. The van der Waals surface area contributed by atoms with Crippen molar-refractivity contribution in [1.29, 1.82) is 0 Å². The summed E-state index contributed by atoms with van der Waals surface area (Å²) >= 11 is 2.82. The maximum absolute atomic E-state index is 12.6. The maximum Gasteiger partial charge on any atom is 0.252 e. The number of nitrogens with one attached hydrogen (secondary N) is 1. The van der Waals surface area contributed by atoms with Crippen LogP contribution >= 0.6 is 22.7 Å². The Balaban J connectivity index is 1.35. The molecule has 2 aromatic heterocycles. The monoisotopic (exact) mass is 425 g/mol. The SMILES string of the molecule is C[C@H]1CCc2nc(NC(=O)C3CCN(S(=O)(=O)c4cccs4)CC3)sc2C1. The van der Waals surface area contributed by atoms with Crippen molar-refractivity contribution in [3.63, 3.8) is 0 Å². The molecule has 1 aliphatic heterocycles. The van der Waals surface area contributed by atoms with Crippen LogP contribution in [-0.2, 0) is 27.7 Å². The summed E-state index contributed by atoms with van der Waals surface area (Å²) in [5.74, 6) is 0.470. The molecule has 1 fully saturated rings. The van der Waals surface area contributed by atoms with E-state index in [4.69, 9.17) is 0 Å². The van der Waals surface area contributed by atoms with E-state index in [1.165, 1.54) is 20.5 Å². The van der Waals surface area contributed by atoms with Gasteiger partial charge in [-0.2, -0.15) is 4.31 Å². The van der Waals surface area contributed by atoms with Gasteiger partial charge in [0.2, 0.25) is 5.91 Å². The van der Waals surface area contributed by atoms with Gasteiger partial charge in [0.05, 0.1) is 5.69 Å². The third kappa shape index (κ3) is 3.96. The predicted octanol–water partition coefficient (Wildman–Crippen LogP) is 3.37. The van der Waals surface area contributed by atoms with Crippen LogP contribution in [0.5, 0.6) is 0 Å². The van der Waals surface area contributed by atoms with Crippen LogP contribution in [0.4, 0.5) is 5.13 Å². The molecule has 6 nitrogen and oxygen atoms in total. The van der Waals surface area contributed by atoms with Crippen LogP contribution in [0.3, 0.4) is 0 Å². The topological polar surface area (TPSA) is 79.4 Å². The smallest absolute Gasteiger partial charge is 0.252 e. The zero-order valence-corrected chi connectivity index (χ0v) is 17.6. The van der Waals surface area contributed by atoms with E-state index in [9.17, 15) is 13.2 Å².